The minimum absolute atomic E-state index is 0.214. The Labute approximate surface area is 172 Å². The number of isocyanates is 4. The lowest BCUT2D eigenvalue weighted by Crippen LogP contribution is -2.32. The van der Waals surface area contributed by atoms with Gasteiger partial charge in [-0.05, 0) is 52.0 Å². The number of hydrogen-bond acceptors (Lipinski definition) is 11. The molecule has 2 atom stereocenters. The predicted molar refractivity (Wildman–Crippen MR) is 102 cm³/mol. The van der Waals surface area contributed by atoms with Crippen LogP contribution in [0, 0.1) is 0 Å². The van der Waals surface area contributed by atoms with E-state index in [0.717, 1.165) is 12.5 Å². The fourth-order valence-electron chi connectivity index (χ4n) is 1.98. The van der Waals surface area contributed by atoms with E-state index in [1.165, 1.54) is 25.2 Å². The van der Waals surface area contributed by atoms with Crippen molar-refractivity contribution in [1.82, 2.24) is 5.43 Å². The van der Waals surface area contributed by atoms with Crippen LogP contribution in [0.2, 0.25) is 0 Å². The summed E-state index contributed by atoms with van der Waals surface area (Å²) in [5, 5.41) is 11.9. The number of rotatable bonds is 14. The van der Waals surface area contributed by atoms with Crippen LogP contribution in [0.4, 0.5) is 0 Å². The van der Waals surface area contributed by atoms with Gasteiger partial charge < -0.3 is 10.8 Å². The van der Waals surface area contributed by atoms with Crippen molar-refractivity contribution in [2.24, 2.45) is 25.8 Å². The summed E-state index contributed by atoms with van der Waals surface area (Å²) in [4.78, 5) is 70.9. The SMILES string of the molecule is CC(CCCCN=C=O)(N=C=O)C(=O)O.NCCCC[C@H](NN=C=O)C(=O)N=C=O. The molecule has 0 aromatic rings. The van der Waals surface area contributed by atoms with Gasteiger partial charge in [-0.3, -0.25) is 10.2 Å². The second kappa shape index (κ2) is 18.8. The summed E-state index contributed by atoms with van der Waals surface area (Å²) in [6, 6.07) is -0.792. The Morgan fingerprint density at radius 3 is 2.23 bits per heavy atom. The van der Waals surface area contributed by atoms with Gasteiger partial charge in [0.25, 0.3) is 12.0 Å². The number of aliphatic imine (C=N–C) groups is 3. The number of nitrogens with zero attached hydrogens (tertiary/aromatic N) is 4. The zero-order valence-electron chi connectivity index (χ0n) is 16.5. The number of hydrazone groups is 1. The lowest BCUT2D eigenvalue weighted by atomic mass is 9.96. The molecular formula is C17H24N6O7. The van der Waals surface area contributed by atoms with Crippen molar-refractivity contribution < 1.29 is 33.9 Å². The third-order valence-electron chi connectivity index (χ3n) is 3.67. The molecule has 0 saturated carbocycles. The molecule has 0 aliphatic carbocycles. The molecule has 0 bridgehead atoms. The highest BCUT2D eigenvalue weighted by atomic mass is 16.4. The molecule has 0 radical (unpaired) electrons. The molecule has 0 heterocycles. The molecule has 30 heavy (non-hydrogen) atoms. The van der Waals surface area contributed by atoms with Crippen LogP contribution in [0.3, 0.4) is 0 Å². The number of nitrogens with one attached hydrogen (secondary N) is 1. The smallest absolute Gasteiger partial charge is 0.332 e. The van der Waals surface area contributed by atoms with Crippen LogP contribution in [-0.2, 0) is 28.8 Å². The minimum Gasteiger partial charge on any atom is -0.479 e. The highest BCUT2D eigenvalue weighted by Crippen LogP contribution is 2.18. The zero-order valence-corrected chi connectivity index (χ0v) is 16.5. The van der Waals surface area contributed by atoms with Crippen LogP contribution in [-0.4, -0.2) is 66.0 Å². The van der Waals surface area contributed by atoms with Gasteiger partial charge in [0, 0.05) is 0 Å². The summed E-state index contributed by atoms with van der Waals surface area (Å²) in [5.41, 5.74) is 6.10. The van der Waals surface area contributed by atoms with E-state index in [4.69, 9.17) is 10.8 Å². The molecule has 0 rings (SSSR count). The summed E-state index contributed by atoms with van der Waals surface area (Å²) in [5.74, 6) is -1.87. The monoisotopic (exact) mass is 424 g/mol. The van der Waals surface area contributed by atoms with Crippen molar-refractivity contribution in [3.63, 3.8) is 0 Å². The van der Waals surface area contributed by atoms with Crippen molar-refractivity contribution >= 4 is 36.2 Å². The molecule has 164 valence electrons. The van der Waals surface area contributed by atoms with Crippen LogP contribution >= 0.6 is 0 Å². The number of nitrogens with two attached hydrogens (primary N) is 1. The predicted octanol–water partition coefficient (Wildman–Crippen LogP) is -0.142. The van der Waals surface area contributed by atoms with Gasteiger partial charge in [0.05, 0.1) is 6.54 Å². The van der Waals surface area contributed by atoms with Gasteiger partial charge in [-0.15, -0.1) is 4.99 Å². The largest absolute Gasteiger partial charge is 0.479 e. The van der Waals surface area contributed by atoms with Gasteiger partial charge in [0.1, 0.15) is 6.04 Å². The third kappa shape index (κ3) is 14.5. The number of carboxylic acid groups (broad SMARTS) is 1. The molecule has 0 aliphatic rings. The first-order valence-corrected chi connectivity index (χ1v) is 8.83. The van der Waals surface area contributed by atoms with E-state index in [1.54, 1.807) is 0 Å². The normalized spacial score (nSPS) is 11.9. The van der Waals surface area contributed by atoms with E-state index >= 15 is 0 Å². The van der Waals surface area contributed by atoms with Crippen molar-refractivity contribution in [3.05, 3.63) is 0 Å². The Bertz CT molecular complexity index is 729. The molecular weight excluding hydrogens is 400 g/mol. The van der Waals surface area contributed by atoms with E-state index in [9.17, 15) is 28.8 Å². The first-order chi connectivity index (χ1) is 14.3. The van der Waals surface area contributed by atoms with Crippen molar-refractivity contribution in [3.8, 4) is 0 Å². The highest BCUT2D eigenvalue weighted by molar-refractivity contribution is 5.86. The third-order valence-corrected chi connectivity index (χ3v) is 3.67. The molecule has 1 amide bonds. The van der Waals surface area contributed by atoms with Crippen molar-refractivity contribution in [1.29, 1.82) is 0 Å². The van der Waals surface area contributed by atoms with Crippen LogP contribution in [0.1, 0.15) is 45.4 Å². The number of hydrogen-bond donors (Lipinski definition) is 3. The molecule has 0 saturated heterocycles. The van der Waals surface area contributed by atoms with Gasteiger partial charge in [-0.25, -0.2) is 29.0 Å². The average molecular weight is 424 g/mol. The van der Waals surface area contributed by atoms with Gasteiger partial charge in [0.2, 0.25) is 18.2 Å². The maximum absolute atomic E-state index is 11.1. The summed E-state index contributed by atoms with van der Waals surface area (Å²) >= 11 is 0. The Hall–Kier alpha value is -3.58. The van der Waals surface area contributed by atoms with Gasteiger partial charge >= 0.3 is 5.97 Å². The summed E-state index contributed by atoms with van der Waals surface area (Å²) in [6.07, 6.45) is 8.09. The number of amides is 1. The molecule has 0 aliphatic heterocycles. The van der Waals surface area contributed by atoms with Crippen molar-refractivity contribution in [2.45, 2.75) is 57.0 Å². The molecule has 13 heteroatoms. The lowest BCUT2D eigenvalue weighted by Gasteiger charge is -2.16. The number of carboxylic acids is 1. The standard InChI is InChI=1S/C9H12N2O4.C8H12N4O3/c1-9(8(14)15,11-7-13)4-2-3-5-10-6-12;9-4-2-1-3-7(12-11-6-14)8(15)10-5-13/h2-5H2,1H3,(H,14,15);7,12H,1-4,9H2/t;7-/m.0/s1. The Balaban J connectivity index is 0. The number of unbranched alkanes of at least 4 members (excludes halogenated alkanes) is 2. The van der Waals surface area contributed by atoms with Gasteiger partial charge in [-0.1, -0.05) is 5.10 Å². The van der Waals surface area contributed by atoms with Crippen LogP contribution in [0.25, 0.3) is 0 Å². The number of aliphatic carboxylic acids is 1. The van der Waals surface area contributed by atoms with E-state index in [1.807, 2.05) is 0 Å². The van der Waals surface area contributed by atoms with Crippen LogP contribution in [0.15, 0.2) is 20.1 Å². The highest BCUT2D eigenvalue weighted by Gasteiger charge is 2.32. The second-order valence-electron chi connectivity index (χ2n) is 5.92. The molecule has 0 fully saturated rings. The second-order valence-corrected chi connectivity index (χ2v) is 5.92. The average Bonchev–Trinajstić information content (AvgIpc) is 2.71. The summed E-state index contributed by atoms with van der Waals surface area (Å²) in [7, 11) is 0. The fraction of sp³-hybridized carbons (Fsp3) is 0.647. The molecule has 0 aromatic heterocycles. The molecule has 0 aromatic carbocycles. The number of carbonyl (C=O) groups is 2. The first kappa shape index (κ1) is 28.6. The lowest BCUT2D eigenvalue weighted by molar-refractivity contribution is -0.142. The van der Waals surface area contributed by atoms with E-state index in [-0.39, 0.29) is 6.42 Å². The Morgan fingerprint density at radius 1 is 1.03 bits per heavy atom. The molecule has 1 unspecified atom stereocenters. The zero-order chi connectivity index (χ0) is 23.3. The van der Waals surface area contributed by atoms with Crippen LogP contribution in [0.5, 0.6) is 0 Å². The van der Waals surface area contributed by atoms with E-state index < -0.39 is 23.5 Å². The van der Waals surface area contributed by atoms with Gasteiger partial charge in [0.15, 0.2) is 5.54 Å². The van der Waals surface area contributed by atoms with Crippen molar-refractivity contribution in [2.75, 3.05) is 13.1 Å². The fourth-order valence-corrected chi connectivity index (χ4v) is 1.98. The maximum atomic E-state index is 11.1. The summed E-state index contributed by atoms with van der Waals surface area (Å²) < 4.78 is 0. The summed E-state index contributed by atoms with van der Waals surface area (Å²) in [6.45, 7) is 2.17. The van der Waals surface area contributed by atoms with Crippen LogP contribution < -0.4 is 11.2 Å². The maximum Gasteiger partial charge on any atom is 0.332 e. The first-order valence-electron chi connectivity index (χ1n) is 8.83. The van der Waals surface area contributed by atoms with Gasteiger partial charge in [-0.2, -0.15) is 4.99 Å². The van der Waals surface area contributed by atoms with E-state index in [0.29, 0.717) is 38.8 Å². The molecule has 4 N–H and O–H groups in total. The Kier molecular flexibility index (Phi) is 17.9. The molecule has 0 spiro atoms. The van der Waals surface area contributed by atoms with E-state index in [2.05, 4.69) is 25.5 Å². The Morgan fingerprint density at radius 2 is 1.73 bits per heavy atom. The minimum atomic E-state index is -1.42. The topological polar surface area (TPSA) is 210 Å². The quantitative estimate of drug-likeness (QED) is 0.146. The number of carbonyl (C=O) groups excluding carboxylic acids is 5. The molecule has 13 nitrogen and oxygen atoms in total.